The predicted octanol–water partition coefficient (Wildman–Crippen LogP) is 11.0. The maximum atomic E-state index is 5.24. The zero-order valence-corrected chi connectivity index (χ0v) is 26.3. The molecular weight excluding hydrogens is 585 g/mol. The van der Waals surface area contributed by atoms with E-state index in [1.807, 2.05) is 0 Å². The molecule has 0 radical (unpaired) electrons. The molecule has 4 nitrogen and oxygen atoms in total. The number of hydrogen-bond donors (Lipinski definition) is 0. The molecule has 0 aliphatic carbocycles. The molecule has 0 N–H and O–H groups in total. The van der Waals surface area contributed by atoms with E-state index in [1.54, 1.807) is 0 Å². The van der Waals surface area contributed by atoms with Gasteiger partial charge in [0.15, 0.2) is 0 Å². The molecule has 48 heavy (non-hydrogen) atoms. The van der Waals surface area contributed by atoms with Gasteiger partial charge in [-0.3, -0.25) is 8.80 Å². The van der Waals surface area contributed by atoms with E-state index in [9.17, 15) is 0 Å². The number of aryl methyl sites for hydroxylation is 1. The number of hydrogen-bond acceptors (Lipinski definition) is 2. The summed E-state index contributed by atoms with van der Waals surface area (Å²) in [5, 5.41) is 9.83. The maximum Gasteiger partial charge on any atom is 0.147 e. The molecule has 11 rings (SSSR count). The van der Waals surface area contributed by atoms with Crippen LogP contribution in [0.1, 0.15) is 16.7 Å². The van der Waals surface area contributed by atoms with Crippen LogP contribution < -0.4 is 0 Å². The Balaban J connectivity index is 1.18. The number of para-hydroxylation sites is 5. The van der Waals surface area contributed by atoms with Crippen LogP contribution in [0, 0.1) is 6.92 Å². The van der Waals surface area contributed by atoms with Crippen LogP contribution in [0.5, 0.6) is 0 Å². The van der Waals surface area contributed by atoms with Crippen LogP contribution >= 0.6 is 0 Å². The van der Waals surface area contributed by atoms with Gasteiger partial charge in [-0.1, -0.05) is 91.0 Å². The second-order valence-corrected chi connectivity index (χ2v) is 13.1. The molecule has 4 aromatic heterocycles. The monoisotopic (exact) mass is 612 g/mol. The molecule has 0 atom stereocenters. The summed E-state index contributed by atoms with van der Waals surface area (Å²) >= 11 is 0. The van der Waals surface area contributed by atoms with Gasteiger partial charge in [0.25, 0.3) is 0 Å². The smallest absolute Gasteiger partial charge is 0.147 e. The second-order valence-electron chi connectivity index (χ2n) is 13.1. The van der Waals surface area contributed by atoms with Crippen molar-refractivity contribution in [1.29, 1.82) is 0 Å². The summed E-state index contributed by atoms with van der Waals surface area (Å²) in [7, 11) is 0. The van der Waals surface area contributed by atoms with Crippen molar-refractivity contribution >= 4 is 87.5 Å². The van der Waals surface area contributed by atoms with Crippen molar-refractivity contribution in [1.82, 2.24) is 18.8 Å². The van der Waals surface area contributed by atoms with E-state index in [2.05, 4.69) is 155 Å². The molecule has 0 bridgehead atoms. The van der Waals surface area contributed by atoms with Gasteiger partial charge >= 0.3 is 0 Å². The van der Waals surface area contributed by atoms with Crippen molar-refractivity contribution in [3.05, 3.63) is 156 Å². The first kappa shape index (κ1) is 25.9. The molecule has 0 aliphatic rings. The number of benzene rings is 7. The summed E-state index contributed by atoms with van der Waals surface area (Å²) in [5.74, 6) is 0. The molecule has 4 heteroatoms. The third-order valence-corrected chi connectivity index (χ3v) is 10.4. The average Bonchev–Trinajstić information content (AvgIpc) is 3.72. The van der Waals surface area contributed by atoms with Gasteiger partial charge in [0, 0.05) is 21.5 Å². The Morgan fingerprint density at radius 3 is 1.92 bits per heavy atom. The van der Waals surface area contributed by atoms with Crippen LogP contribution in [-0.4, -0.2) is 18.8 Å². The van der Waals surface area contributed by atoms with Crippen LogP contribution in [0.25, 0.3) is 87.5 Å². The fourth-order valence-electron chi connectivity index (χ4n) is 8.19. The first-order chi connectivity index (χ1) is 23.7. The van der Waals surface area contributed by atoms with E-state index in [0.717, 1.165) is 39.8 Å². The summed E-state index contributed by atoms with van der Waals surface area (Å²) < 4.78 is 4.71. The molecular formula is C44H28N4. The number of fused-ring (bicyclic) bond motifs is 18. The molecule has 4 heterocycles. The van der Waals surface area contributed by atoms with Gasteiger partial charge in [-0.25, -0.2) is 9.97 Å². The Kier molecular flexibility index (Phi) is 5.07. The van der Waals surface area contributed by atoms with E-state index in [0.29, 0.717) is 0 Å². The van der Waals surface area contributed by atoms with Crippen molar-refractivity contribution in [3.8, 4) is 0 Å². The van der Waals surface area contributed by atoms with Crippen molar-refractivity contribution in [2.75, 3.05) is 0 Å². The van der Waals surface area contributed by atoms with Gasteiger partial charge in [0.05, 0.1) is 33.1 Å². The van der Waals surface area contributed by atoms with Crippen LogP contribution in [0.2, 0.25) is 0 Å². The van der Waals surface area contributed by atoms with Crippen LogP contribution in [-0.2, 0) is 6.42 Å². The van der Waals surface area contributed by atoms with Gasteiger partial charge in [0.1, 0.15) is 11.3 Å². The van der Waals surface area contributed by atoms with E-state index in [-0.39, 0.29) is 0 Å². The highest BCUT2D eigenvalue weighted by atomic mass is 15.0. The number of nitrogens with zero attached hydrogens (tertiary/aromatic N) is 4. The quantitative estimate of drug-likeness (QED) is 0.182. The molecule has 11 aromatic rings. The molecule has 0 amide bonds. The van der Waals surface area contributed by atoms with Crippen LogP contribution in [0.15, 0.2) is 140 Å². The molecule has 7 aromatic carbocycles. The van der Waals surface area contributed by atoms with Crippen molar-refractivity contribution in [3.63, 3.8) is 0 Å². The number of rotatable bonds is 2. The first-order valence-electron chi connectivity index (χ1n) is 16.6. The maximum absolute atomic E-state index is 5.24. The lowest BCUT2D eigenvalue weighted by atomic mass is 9.94. The molecule has 0 spiro atoms. The highest BCUT2D eigenvalue weighted by Crippen LogP contribution is 2.38. The summed E-state index contributed by atoms with van der Waals surface area (Å²) in [6.07, 6.45) is 0.820. The standard InChI is InChI=1S/C44H28N4/c1-26-22-34-33-21-19-28-10-2-3-11-30(28)42(33)44-46-37-14-6-9-17-40(37)48(44)41(34)25-29(26)23-27-18-20-31-32-12-4-7-15-38(32)47-39-16-8-5-13-36(39)45-43(47)35(31)24-27/h2-22,24-25H,23H2,1H3. The minimum atomic E-state index is 0.820. The van der Waals surface area contributed by atoms with Crippen molar-refractivity contribution < 1.29 is 0 Å². The summed E-state index contributed by atoms with van der Waals surface area (Å²) in [6, 6.07) is 50.6. The van der Waals surface area contributed by atoms with E-state index >= 15 is 0 Å². The number of pyridine rings is 2. The highest BCUT2D eigenvalue weighted by molar-refractivity contribution is 6.23. The Bertz CT molecular complexity index is 3160. The summed E-state index contributed by atoms with van der Waals surface area (Å²) in [4.78, 5) is 10.4. The molecule has 0 unspecified atom stereocenters. The molecule has 0 aliphatic heterocycles. The summed E-state index contributed by atoms with van der Waals surface area (Å²) in [5.41, 5.74) is 12.6. The van der Waals surface area contributed by atoms with Gasteiger partial charge in [-0.05, 0) is 100 Å². The zero-order chi connectivity index (χ0) is 31.5. The Hall–Kier alpha value is -6.26. The molecule has 224 valence electrons. The average molecular weight is 613 g/mol. The second kappa shape index (κ2) is 9.40. The van der Waals surface area contributed by atoms with Crippen molar-refractivity contribution in [2.24, 2.45) is 0 Å². The highest BCUT2D eigenvalue weighted by Gasteiger charge is 2.18. The van der Waals surface area contributed by atoms with Crippen molar-refractivity contribution in [2.45, 2.75) is 13.3 Å². The van der Waals surface area contributed by atoms with Crippen LogP contribution in [0.3, 0.4) is 0 Å². The molecule has 0 saturated heterocycles. The first-order valence-corrected chi connectivity index (χ1v) is 16.6. The van der Waals surface area contributed by atoms with E-state index in [1.165, 1.54) is 70.8 Å². The zero-order valence-electron chi connectivity index (χ0n) is 26.3. The Morgan fingerprint density at radius 2 is 1.10 bits per heavy atom. The molecule has 0 saturated carbocycles. The minimum absolute atomic E-state index is 0.820. The number of imidazole rings is 2. The fourth-order valence-corrected chi connectivity index (χ4v) is 8.19. The predicted molar refractivity (Wildman–Crippen MR) is 200 cm³/mol. The third-order valence-electron chi connectivity index (χ3n) is 10.4. The Labute approximate surface area is 275 Å². The lowest BCUT2D eigenvalue weighted by Gasteiger charge is -2.15. The van der Waals surface area contributed by atoms with E-state index < -0.39 is 0 Å². The normalized spacial score (nSPS) is 12.4. The summed E-state index contributed by atoms with van der Waals surface area (Å²) in [6.45, 7) is 2.26. The van der Waals surface area contributed by atoms with Gasteiger partial charge in [-0.2, -0.15) is 0 Å². The third kappa shape index (κ3) is 3.44. The van der Waals surface area contributed by atoms with Crippen LogP contribution in [0.4, 0.5) is 0 Å². The lowest BCUT2D eigenvalue weighted by molar-refractivity contribution is 1.16. The minimum Gasteiger partial charge on any atom is -0.292 e. The fraction of sp³-hybridized carbons (Fsp3) is 0.0455. The van der Waals surface area contributed by atoms with Gasteiger partial charge < -0.3 is 0 Å². The van der Waals surface area contributed by atoms with E-state index in [4.69, 9.17) is 9.97 Å². The number of aromatic nitrogens is 4. The topological polar surface area (TPSA) is 34.6 Å². The van der Waals surface area contributed by atoms with Gasteiger partial charge in [0.2, 0.25) is 0 Å². The lowest BCUT2D eigenvalue weighted by Crippen LogP contribution is -1.98. The molecule has 0 fully saturated rings. The Morgan fingerprint density at radius 1 is 0.458 bits per heavy atom. The SMILES string of the molecule is Cc1cc2c3ccc4ccccc4c3c3nc4ccccc4n3c2cc1Cc1ccc2c3ccccc3n3c4ccccc4nc3c2c1. The van der Waals surface area contributed by atoms with Gasteiger partial charge in [-0.15, -0.1) is 0 Å². The largest absolute Gasteiger partial charge is 0.292 e.